The van der Waals surface area contributed by atoms with Gasteiger partial charge in [-0.3, -0.25) is 19.1 Å². The van der Waals surface area contributed by atoms with Crippen molar-refractivity contribution in [1.82, 2.24) is 9.55 Å². The van der Waals surface area contributed by atoms with Gasteiger partial charge in [0.1, 0.15) is 19.1 Å². The van der Waals surface area contributed by atoms with Crippen LogP contribution in [0.25, 0.3) is 0 Å². The molecule has 7 nitrogen and oxygen atoms in total. The molecule has 1 heterocycles. The number of aryl methyl sites for hydroxylation is 1. The van der Waals surface area contributed by atoms with E-state index >= 15 is 0 Å². The summed E-state index contributed by atoms with van der Waals surface area (Å²) in [6.07, 6.45) is 20.0. The number of unbranched alkanes of at least 4 members (excludes halogenated alkanes) is 12. The molecule has 0 radical (unpaired) electrons. The minimum atomic E-state index is -0.465. The number of carbonyl (C=O) groups excluding carboxylic acids is 1. The first kappa shape index (κ1) is 31.3. The maximum Gasteiger partial charge on any atom is 0.330 e. The molecule has 0 fully saturated rings. The number of carbonyl (C=O) groups is 1. The quantitative estimate of drug-likeness (QED) is 0.174. The van der Waals surface area contributed by atoms with Gasteiger partial charge in [-0.1, -0.05) is 84.0 Å². The predicted octanol–water partition coefficient (Wildman–Crippen LogP) is 5.34. The van der Waals surface area contributed by atoms with Gasteiger partial charge in [-0.25, -0.2) is 4.79 Å². The van der Waals surface area contributed by atoms with Crippen LogP contribution in [0, 0.1) is 6.92 Å². The Bertz CT molecular complexity index is 813. The lowest BCUT2D eigenvalue weighted by Crippen LogP contribution is -2.44. The smallest absolute Gasteiger partial charge is 0.330 e. The maximum atomic E-state index is 12.3. The first-order chi connectivity index (χ1) is 16.7. The van der Waals surface area contributed by atoms with Crippen LogP contribution in [0.4, 0.5) is 0 Å². The van der Waals surface area contributed by atoms with Gasteiger partial charge in [0.05, 0.1) is 33.7 Å². The van der Waals surface area contributed by atoms with Gasteiger partial charge >= 0.3 is 5.69 Å². The number of hydrogen-bond acceptors (Lipinski definition) is 4. The van der Waals surface area contributed by atoms with Crippen LogP contribution in [0.5, 0.6) is 0 Å². The number of ketones is 1. The van der Waals surface area contributed by atoms with E-state index in [-0.39, 0.29) is 12.3 Å². The first-order valence-electron chi connectivity index (χ1n) is 14.0. The molecular formula is C28H52N3O4+. The van der Waals surface area contributed by atoms with Crippen molar-refractivity contribution in [1.29, 1.82) is 0 Å². The van der Waals surface area contributed by atoms with Crippen LogP contribution in [0.3, 0.4) is 0 Å². The van der Waals surface area contributed by atoms with Gasteiger partial charge in [-0.15, -0.1) is 0 Å². The summed E-state index contributed by atoms with van der Waals surface area (Å²) in [6, 6.07) is 0. The number of nitrogens with one attached hydrogen (secondary N) is 1. The summed E-state index contributed by atoms with van der Waals surface area (Å²) >= 11 is 0. The first-order valence-corrected chi connectivity index (χ1v) is 14.0. The van der Waals surface area contributed by atoms with Crippen molar-refractivity contribution in [3.63, 3.8) is 0 Å². The molecule has 1 aromatic heterocycles. The number of aromatic nitrogens is 2. The van der Waals surface area contributed by atoms with E-state index in [0.29, 0.717) is 35.3 Å². The molecule has 0 bridgehead atoms. The van der Waals surface area contributed by atoms with E-state index in [1.807, 2.05) is 0 Å². The van der Waals surface area contributed by atoms with Crippen molar-refractivity contribution in [2.75, 3.05) is 33.8 Å². The number of H-pyrrole nitrogens is 1. The van der Waals surface area contributed by atoms with Crippen molar-refractivity contribution in [2.45, 2.75) is 117 Å². The van der Waals surface area contributed by atoms with E-state index in [0.717, 1.165) is 19.5 Å². The van der Waals surface area contributed by atoms with Gasteiger partial charge in [-0.05, 0) is 13.3 Å². The number of aromatic amines is 1. The molecular weight excluding hydrogens is 442 g/mol. The fraction of sp³-hybridized carbons (Fsp3) is 0.821. The summed E-state index contributed by atoms with van der Waals surface area (Å²) in [6.45, 7) is 6.05. The van der Waals surface area contributed by atoms with Gasteiger partial charge in [-0.2, -0.15) is 0 Å². The third kappa shape index (κ3) is 15.8. The highest BCUT2D eigenvalue weighted by Crippen LogP contribution is 2.13. The monoisotopic (exact) mass is 494 g/mol. The number of hydrogen-bond donors (Lipinski definition) is 1. The summed E-state index contributed by atoms with van der Waals surface area (Å²) in [7, 11) is 4.19. The summed E-state index contributed by atoms with van der Waals surface area (Å²) in [5, 5.41) is 0. The average molecular weight is 495 g/mol. The van der Waals surface area contributed by atoms with E-state index in [9.17, 15) is 14.4 Å². The Kier molecular flexibility index (Phi) is 16.6. The molecule has 7 heteroatoms. The Morgan fingerprint density at radius 1 is 0.857 bits per heavy atom. The fourth-order valence-corrected chi connectivity index (χ4v) is 4.19. The topological polar surface area (TPSA) is 81.2 Å². The molecule has 1 rings (SSSR count). The maximum absolute atomic E-state index is 12.3. The lowest BCUT2D eigenvalue weighted by molar-refractivity contribution is -0.890. The normalized spacial score (nSPS) is 11.8. The standard InChI is InChI=1S/C28H51N3O4/c1-5-6-7-8-9-10-11-12-13-14-15-16-17-18-26(32)19-20-31(3,4)21-22-35-24-30-23-25(2)27(33)29-28(30)34/h23H,5-22,24H2,1-4H3/p+1. The number of ether oxygens (including phenoxy) is 1. The summed E-state index contributed by atoms with van der Waals surface area (Å²) in [5.74, 6) is 0.357. The van der Waals surface area contributed by atoms with Crippen LogP contribution in [-0.4, -0.2) is 53.6 Å². The molecule has 0 unspecified atom stereocenters. The Hall–Kier alpha value is -1.73. The zero-order valence-electron chi connectivity index (χ0n) is 23.0. The molecule has 202 valence electrons. The molecule has 0 saturated heterocycles. The molecule has 0 aliphatic carbocycles. The molecule has 0 atom stereocenters. The number of rotatable bonds is 22. The second-order valence-electron chi connectivity index (χ2n) is 10.7. The van der Waals surface area contributed by atoms with E-state index in [4.69, 9.17) is 4.74 Å². The molecule has 1 aromatic rings. The Morgan fingerprint density at radius 2 is 1.40 bits per heavy atom. The summed E-state index contributed by atoms with van der Waals surface area (Å²) < 4.78 is 7.69. The van der Waals surface area contributed by atoms with Gasteiger partial charge in [0.25, 0.3) is 5.56 Å². The van der Waals surface area contributed by atoms with Gasteiger partial charge < -0.3 is 9.22 Å². The minimum absolute atomic E-state index is 0.106. The minimum Gasteiger partial charge on any atom is -0.355 e. The lowest BCUT2D eigenvalue weighted by atomic mass is 10.0. The largest absolute Gasteiger partial charge is 0.355 e. The SMILES string of the molecule is CCCCCCCCCCCCCCCC(=O)CC[N+](C)(C)CCOCn1cc(C)c(=O)[nH]c1=O. The lowest BCUT2D eigenvalue weighted by Gasteiger charge is -2.29. The van der Waals surface area contributed by atoms with E-state index in [1.54, 1.807) is 6.92 Å². The highest BCUT2D eigenvalue weighted by Gasteiger charge is 2.17. The zero-order valence-corrected chi connectivity index (χ0v) is 23.0. The van der Waals surface area contributed by atoms with Crippen LogP contribution >= 0.6 is 0 Å². The zero-order chi connectivity index (χ0) is 25.9. The highest BCUT2D eigenvalue weighted by molar-refractivity contribution is 5.78. The van der Waals surface area contributed by atoms with E-state index < -0.39 is 5.69 Å². The summed E-state index contributed by atoms with van der Waals surface area (Å²) in [5.41, 5.74) is -0.355. The molecule has 0 saturated carbocycles. The Labute approximate surface area is 212 Å². The van der Waals surface area contributed by atoms with Crippen LogP contribution < -0.4 is 11.2 Å². The van der Waals surface area contributed by atoms with Gasteiger partial charge in [0.2, 0.25) is 0 Å². The molecule has 0 aliphatic heterocycles. The molecule has 0 amide bonds. The molecule has 35 heavy (non-hydrogen) atoms. The fourth-order valence-electron chi connectivity index (χ4n) is 4.19. The van der Waals surface area contributed by atoms with Crippen molar-refractivity contribution in [2.24, 2.45) is 0 Å². The number of nitrogens with zero attached hydrogens (tertiary/aromatic N) is 2. The third-order valence-electron chi connectivity index (χ3n) is 6.82. The van der Waals surface area contributed by atoms with Crippen LogP contribution in [0.2, 0.25) is 0 Å². The second kappa shape index (κ2) is 18.5. The number of quaternary nitrogens is 1. The molecule has 0 spiro atoms. The van der Waals surface area contributed by atoms with E-state index in [1.165, 1.54) is 87.8 Å². The third-order valence-corrected chi connectivity index (χ3v) is 6.82. The van der Waals surface area contributed by atoms with Crippen molar-refractivity contribution >= 4 is 5.78 Å². The van der Waals surface area contributed by atoms with Crippen LogP contribution in [-0.2, 0) is 16.3 Å². The Morgan fingerprint density at radius 3 is 1.97 bits per heavy atom. The Balaban J connectivity index is 2.01. The van der Waals surface area contributed by atoms with Crippen LogP contribution in [0.15, 0.2) is 15.8 Å². The number of likely N-dealkylation sites (N-methyl/N-ethyl adjacent to an activating group) is 1. The van der Waals surface area contributed by atoms with Crippen LogP contribution in [0.1, 0.15) is 109 Å². The second-order valence-corrected chi connectivity index (χ2v) is 10.7. The van der Waals surface area contributed by atoms with Crippen molar-refractivity contribution in [3.05, 3.63) is 32.6 Å². The van der Waals surface area contributed by atoms with E-state index in [2.05, 4.69) is 26.0 Å². The molecule has 0 aromatic carbocycles. The highest BCUT2D eigenvalue weighted by atomic mass is 16.5. The molecule has 1 N–H and O–H groups in total. The predicted molar refractivity (Wildman–Crippen MR) is 144 cm³/mol. The summed E-state index contributed by atoms with van der Waals surface area (Å²) in [4.78, 5) is 37.8. The van der Waals surface area contributed by atoms with Crippen molar-refractivity contribution < 1.29 is 14.0 Å². The number of Topliss-reactive ketones (excluding diaryl/α,β-unsaturated/α-hetero) is 1. The van der Waals surface area contributed by atoms with Crippen molar-refractivity contribution in [3.8, 4) is 0 Å². The van der Waals surface area contributed by atoms with Gasteiger partial charge in [0, 0.05) is 18.2 Å². The molecule has 0 aliphatic rings. The van der Waals surface area contributed by atoms with Gasteiger partial charge in [0.15, 0.2) is 0 Å². The average Bonchev–Trinajstić information content (AvgIpc) is 2.81.